The lowest BCUT2D eigenvalue weighted by molar-refractivity contribution is -0.119. The predicted octanol–water partition coefficient (Wildman–Crippen LogP) is 3.46. The number of carbonyl (C=O) groups excluding carboxylic acids is 2. The third kappa shape index (κ3) is 4.47. The molecule has 0 aromatic heterocycles. The SMILES string of the molecule is Cc1ccc(C(=O)OCC(=O)Nc2ccc(Cl)cc2C)c(O)c1. The lowest BCUT2D eigenvalue weighted by Gasteiger charge is -2.10. The average molecular weight is 334 g/mol. The maximum atomic E-state index is 11.9. The standard InChI is InChI=1S/C17H16ClNO4/c1-10-3-5-13(15(20)7-10)17(22)23-9-16(21)19-14-6-4-12(18)8-11(14)2/h3-8,20H,9H2,1-2H3,(H,19,21). The number of carbonyl (C=O) groups is 2. The van der Waals surface area contributed by atoms with Crippen LogP contribution in [0.2, 0.25) is 5.02 Å². The smallest absolute Gasteiger partial charge is 0.342 e. The van der Waals surface area contributed by atoms with Crippen molar-refractivity contribution in [3.05, 3.63) is 58.1 Å². The molecular formula is C17H16ClNO4. The first-order chi connectivity index (χ1) is 10.9. The number of hydrogen-bond acceptors (Lipinski definition) is 4. The average Bonchev–Trinajstić information content (AvgIpc) is 2.48. The van der Waals surface area contributed by atoms with Gasteiger partial charge in [-0.3, -0.25) is 4.79 Å². The van der Waals surface area contributed by atoms with E-state index in [9.17, 15) is 14.7 Å². The number of phenols is 1. The Morgan fingerprint density at radius 2 is 1.91 bits per heavy atom. The van der Waals surface area contributed by atoms with Crippen LogP contribution in [0.15, 0.2) is 36.4 Å². The van der Waals surface area contributed by atoms with Crippen molar-refractivity contribution in [2.75, 3.05) is 11.9 Å². The molecule has 0 aliphatic carbocycles. The number of hydrogen-bond donors (Lipinski definition) is 2. The number of nitrogens with one attached hydrogen (secondary N) is 1. The summed E-state index contributed by atoms with van der Waals surface area (Å²) in [5.41, 5.74) is 2.23. The quantitative estimate of drug-likeness (QED) is 0.840. The molecule has 0 aliphatic rings. The summed E-state index contributed by atoms with van der Waals surface area (Å²) in [6.07, 6.45) is 0. The number of esters is 1. The van der Waals surface area contributed by atoms with E-state index in [1.54, 1.807) is 38.1 Å². The van der Waals surface area contributed by atoms with Crippen LogP contribution >= 0.6 is 11.6 Å². The molecule has 2 N–H and O–H groups in total. The van der Waals surface area contributed by atoms with Gasteiger partial charge in [-0.05, 0) is 55.3 Å². The lowest BCUT2D eigenvalue weighted by atomic mass is 10.1. The molecule has 23 heavy (non-hydrogen) atoms. The van der Waals surface area contributed by atoms with Gasteiger partial charge in [0.2, 0.25) is 0 Å². The largest absolute Gasteiger partial charge is 0.507 e. The van der Waals surface area contributed by atoms with Crippen molar-refractivity contribution in [3.8, 4) is 5.75 Å². The van der Waals surface area contributed by atoms with E-state index in [4.69, 9.17) is 16.3 Å². The molecule has 5 nitrogen and oxygen atoms in total. The normalized spacial score (nSPS) is 10.2. The molecule has 6 heteroatoms. The van der Waals surface area contributed by atoms with Gasteiger partial charge in [-0.15, -0.1) is 0 Å². The molecule has 0 aliphatic heterocycles. The first-order valence-electron chi connectivity index (χ1n) is 6.89. The van der Waals surface area contributed by atoms with E-state index < -0.39 is 18.5 Å². The molecule has 0 atom stereocenters. The van der Waals surface area contributed by atoms with Gasteiger partial charge in [0.25, 0.3) is 5.91 Å². The van der Waals surface area contributed by atoms with Crippen LogP contribution < -0.4 is 5.32 Å². The summed E-state index contributed by atoms with van der Waals surface area (Å²) in [6.45, 7) is 3.14. The Morgan fingerprint density at radius 1 is 1.17 bits per heavy atom. The number of aromatic hydroxyl groups is 1. The summed E-state index contributed by atoms with van der Waals surface area (Å²) < 4.78 is 4.91. The Kier molecular flexibility index (Phi) is 5.24. The van der Waals surface area contributed by atoms with Gasteiger partial charge in [0.15, 0.2) is 6.61 Å². The zero-order chi connectivity index (χ0) is 17.0. The monoisotopic (exact) mass is 333 g/mol. The van der Waals surface area contributed by atoms with E-state index in [1.807, 2.05) is 0 Å². The Bertz CT molecular complexity index is 758. The van der Waals surface area contributed by atoms with Gasteiger partial charge in [-0.25, -0.2) is 4.79 Å². The number of ether oxygens (including phenoxy) is 1. The number of phenolic OH excluding ortho intramolecular Hbond substituents is 1. The summed E-state index contributed by atoms with van der Waals surface area (Å²) in [7, 11) is 0. The van der Waals surface area contributed by atoms with Gasteiger partial charge in [0, 0.05) is 10.7 Å². The first kappa shape index (κ1) is 16.8. The van der Waals surface area contributed by atoms with Gasteiger partial charge >= 0.3 is 5.97 Å². The van der Waals surface area contributed by atoms with Gasteiger partial charge in [0.1, 0.15) is 11.3 Å². The van der Waals surface area contributed by atoms with Gasteiger partial charge in [-0.1, -0.05) is 17.7 Å². The summed E-state index contributed by atoms with van der Waals surface area (Å²) >= 11 is 5.84. The fraction of sp³-hybridized carbons (Fsp3) is 0.176. The molecule has 1 amide bonds. The highest BCUT2D eigenvalue weighted by molar-refractivity contribution is 6.30. The highest BCUT2D eigenvalue weighted by atomic mass is 35.5. The second kappa shape index (κ2) is 7.15. The molecule has 0 spiro atoms. The van der Waals surface area contributed by atoms with Crippen LogP contribution in [0.5, 0.6) is 5.75 Å². The van der Waals surface area contributed by atoms with E-state index in [1.165, 1.54) is 12.1 Å². The summed E-state index contributed by atoms with van der Waals surface area (Å²) in [6, 6.07) is 9.62. The Balaban J connectivity index is 1.94. The van der Waals surface area contributed by atoms with Gasteiger partial charge < -0.3 is 15.2 Å². The molecule has 0 saturated heterocycles. The van der Waals surface area contributed by atoms with Crippen LogP contribution in [-0.4, -0.2) is 23.6 Å². The zero-order valence-corrected chi connectivity index (χ0v) is 13.5. The first-order valence-corrected chi connectivity index (χ1v) is 7.27. The van der Waals surface area contributed by atoms with Crippen molar-refractivity contribution in [2.45, 2.75) is 13.8 Å². The number of aryl methyl sites for hydroxylation is 2. The molecule has 2 rings (SSSR count). The minimum Gasteiger partial charge on any atom is -0.507 e. The molecule has 120 valence electrons. The van der Waals surface area contributed by atoms with Crippen molar-refractivity contribution >= 4 is 29.2 Å². The molecule has 0 bridgehead atoms. The van der Waals surface area contributed by atoms with E-state index in [2.05, 4.69) is 5.32 Å². The molecule has 0 unspecified atom stereocenters. The van der Waals surface area contributed by atoms with E-state index >= 15 is 0 Å². The zero-order valence-electron chi connectivity index (χ0n) is 12.7. The van der Waals surface area contributed by atoms with E-state index in [0.29, 0.717) is 10.7 Å². The Labute approximate surface area is 138 Å². The minimum atomic E-state index is -0.759. The fourth-order valence-corrected chi connectivity index (χ4v) is 2.20. The molecular weight excluding hydrogens is 318 g/mol. The minimum absolute atomic E-state index is 0.0195. The second-order valence-corrected chi connectivity index (χ2v) is 5.54. The maximum absolute atomic E-state index is 11.9. The Morgan fingerprint density at radius 3 is 2.57 bits per heavy atom. The van der Waals surface area contributed by atoms with Crippen LogP contribution in [0.25, 0.3) is 0 Å². The lowest BCUT2D eigenvalue weighted by Crippen LogP contribution is -2.21. The number of benzene rings is 2. The van der Waals surface area contributed by atoms with Crippen molar-refractivity contribution < 1.29 is 19.4 Å². The third-order valence-electron chi connectivity index (χ3n) is 3.17. The topological polar surface area (TPSA) is 75.6 Å². The molecule has 0 heterocycles. The van der Waals surface area contributed by atoms with E-state index in [0.717, 1.165) is 11.1 Å². The van der Waals surface area contributed by atoms with E-state index in [-0.39, 0.29) is 11.3 Å². The van der Waals surface area contributed by atoms with Crippen LogP contribution in [0.1, 0.15) is 21.5 Å². The summed E-state index contributed by atoms with van der Waals surface area (Å²) in [5.74, 6) is -1.41. The fourth-order valence-electron chi connectivity index (χ4n) is 1.98. The van der Waals surface area contributed by atoms with Crippen molar-refractivity contribution in [2.24, 2.45) is 0 Å². The van der Waals surface area contributed by atoms with Crippen LogP contribution in [0.3, 0.4) is 0 Å². The second-order valence-electron chi connectivity index (χ2n) is 5.10. The third-order valence-corrected chi connectivity index (χ3v) is 3.41. The molecule has 2 aromatic carbocycles. The summed E-state index contributed by atoms with van der Waals surface area (Å²) in [5, 5.41) is 12.9. The molecule has 0 saturated carbocycles. The number of rotatable bonds is 4. The van der Waals surface area contributed by atoms with Crippen molar-refractivity contribution in [1.29, 1.82) is 0 Å². The maximum Gasteiger partial charge on any atom is 0.342 e. The van der Waals surface area contributed by atoms with Gasteiger partial charge in [-0.2, -0.15) is 0 Å². The highest BCUT2D eigenvalue weighted by Gasteiger charge is 2.14. The van der Waals surface area contributed by atoms with Gasteiger partial charge in [0.05, 0.1) is 0 Å². The Hall–Kier alpha value is -2.53. The molecule has 2 aromatic rings. The van der Waals surface area contributed by atoms with Crippen LogP contribution in [-0.2, 0) is 9.53 Å². The predicted molar refractivity (Wildman–Crippen MR) is 87.9 cm³/mol. The molecule has 0 radical (unpaired) electrons. The number of halogens is 1. The summed E-state index contributed by atoms with van der Waals surface area (Å²) in [4.78, 5) is 23.7. The number of amides is 1. The molecule has 0 fully saturated rings. The van der Waals surface area contributed by atoms with Crippen molar-refractivity contribution in [3.63, 3.8) is 0 Å². The van der Waals surface area contributed by atoms with Crippen LogP contribution in [0.4, 0.5) is 5.69 Å². The van der Waals surface area contributed by atoms with Crippen LogP contribution in [0, 0.1) is 13.8 Å². The highest BCUT2D eigenvalue weighted by Crippen LogP contribution is 2.20. The number of anilines is 1. The van der Waals surface area contributed by atoms with Crippen molar-refractivity contribution in [1.82, 2.24) is 0 Å².